The Hall–Kier alpha value is -4.11. The zero-order valence-electron chi connectivity index (χ0n) is 86.1. The van der Waals surface area contributed by atoms with E-state index in [0.29, 0.717) is 25.7 Å². The number of ether oxygens (including phenoxy) is 25. The Morgan fingerprint density at radius 1 is 0.331 bits per heavy atom. The second kappa shape index (κ2) is 46.7. The summed E-state index contributed by atoms with van der Waals surface area (Å²) in [5.41, 5.74) is -5.70. The van der Waals surface area contributed by atoms with Crippen LogP contribution in [0.4, 0.5) is 0 Å². The quantitative estimate of drug-likeness (QED) is 0.0210. The van der Waals surface area contributed by atoms with Crippen molar-refractivity contribution in [3.8, 4) is 0 Å². The second-order valence-corrected chi connectivity index (χ2v) is 47.2. The number of allylic oxidation sites excluding steroid dienone is 2. The average Bonchev–Trinajstić information content (AvgIpc) is 0.746. The van der Waals surface area contributed by atoms with Crippen LogP contribution in [0.3, 0.4) is 0 Å². The first-order valence-corrected chi connectivity index (χ1v) is 52.1. The van der Waals surface area contributed by atoms with Crippen molar-refractivity contribution in [2.45, 2.75) is 430 Å². The Kier molecular flexibility index (Phi) is 41.3. The van der Waals surface area contributed by atoms with E-state index in [9.17, 15) is 49.2 Å². The molecule has 4 N–H and O–H groups in total. The minimum absolute atomic E-state index is 0.0621. The maximum Gasteiger partial charge on any atom is 0.338 e. The van der Waals surface area contributed by atoms with Gasteiger partial charge in [-0.2, -0.15) is 0 Å². The van der Waals surface area contributed by atoms with E-state index in [1.807, 2.05) is 26.8 Å². The summed E-state index contributed by atoms with van der Waals surface area (Å²) in [5.74, 6) is -15.2. The summed E-state index contributed by atoms with van der Waals surface area (Å²) in [5, 5.41) is 42.0. The molecule has 39 heteroatoms. The number of methoxy groups -OCH3 is 15. The van der Waals surface area contributed by atoms with E-state index >= 15 is 0 Å². The molecule has 772 valence electrons. The Bertz CT molecular complexity index is 3860. The van der Waals surface area contributed by atoms with Crippen LogP contribution in [0, 0.1) is 5.92 Å². The van der Waals surface area contributed by atoms with E-state index < -0.39 is 181 Å². The number of rotatable bonds is 32. The van der Waals surface area contributed by atoms with Gasteiger partial charge in [-0.25, -0.2) is 24.0 Å². The van der Waals surface area contributed by atoms with Crippen LogP contribution in [-0.2, 0) is 156 Å². The first kappa shape index (κ1) is 118. The van der Waals surface area contributed by atoms with Gasteiger partial charge in [0.05, 0.1) is 78.3 Å². The molecule has 5 aliphatic heterocycles. The standard InChI is InChI=1S/C24H46O7Si.C24H44O7Si.C18H30O7.C14H24O8.C14H22O8/c2*1-10-14-15-18-16-24(21(25)26-7,31-32(11-2,12-3)13-4)17-19-20(18)30-23(6,28-9)22(5,27-8)29-19;1-7-8-9-12-10-18(20,15(19)21-4)11-13-14(12)25-17(3,23-6)16(2,22-5)24-13;2*1-12(19-4)13(2,20-5)22-10-8(15)6-14(17,11(16)18-3)7-9(10)21-12/h18-20H,10-17H2,1-9H3;15,19-20H,10-14,16-17H2,1-9H3;9,13-14,20H,7-8,10-11H2,1-6H3;8-10,15,17H,6-7H2,1-5H3;9-10,17H,6-7H2,1-5H3/t18-,19-,20-,22?,23?,24+;19-,20-,22?,23?,24+;13-,14-,16?,17?,18+;8-,9-,10-,12?,13?,14+;9-,10-,12?,13?,14+/m11111/s1. The van der Waals surface area contributed by atoms with E-state index in [2.05, 4.69) is 77.9 Å². The SMILES string of the molecule is CCCC=C1C[C@@](O)(C(=O)OC)C[C@H]2OC(C)(OC)C(C)(OC)O[C@H]12.CCCC=C1C[C@@](O[Si](CC)(CC)CC)(C(=O)OC)C[C@H]2OC(C)(OC)C(C)(OC)O[C@H]12.CCCC[C@@H]1C[C@@](O[Si](CC)(CC)CC)(C(=O)OC)C[C@H]2OC(C)(OC)C(C)(OC)O[C@H]12.COC(=O)[C@]1(O)CC(=O)[C@H]2OC(C)(OC)C(C)(OC)O[C@@H]2C1.COC(=O)[C@]1(O)C[C@@H](O)[C@H]2OC(C)(OC)C(C)(OC)O[C@@H]2C1. The van der Waals surface area contributed by atoms with Crippen LogP contribution in [-0.4, -0.2) is 332 Å². The Labute approximate surface area is 790 Å². The number of aliphatic hydroxyl groups excluding tert-OH is 1. The van der Waals surface area contributed by atoms with Crippen LogP contribution in [0.15, 0.2) is 23.3 Å². The third kappa shape index (κ3) is 23.6. The molecule has 10 fully saturated rings. The number of ketones is 1. The number of hydrogen-bond acceptors (Lipinski definition) is 37. The zero-order chi connectivity index (χ0) is 101. The van der Waals surface area contributed by atoms with Crippen molar-refractivity contribution in [1.82, 2.24) is 0 Å². The smallest absolute Gasteiger partial charge is 0.338 e. The van der Waals surface area contributed by atoms with Crippen LogP contribution < -0.4 is 0 Å². The van der Waals surface area contributed by atoms with Crippen molar-refractivity contribution in [3.63, 3.8) is 0 Å². The number of carbonyl (C=O) groups is 6. The Balaban J connectivity index is 0.000000258. The lowest BCUT2D eigenvalue weighted by molar-refractivity contribution is -0.460. The fraction of sp³-hybridized carbons (Fsp3) is 0.894. The number of aliphatic hydroxyl groups is 4. The summed E-state index contributed by atoms with van der Waals surface area (Å²) >= 11 is 0. The average molecular weight is 1940 g/mol. The topological polar surface area (TPSA) is 433 Å². The van der Waals surface area contributed by atoms with Gasteiger partial charge in [0.1, 0.15) is 24.4 Å². The number of Topliss-reactive ketones (excluding diaryl/α,β-unsaturated/α-hetero) is 1. The van der Waals surface area contributed by atoms with E-state index in [1.54, 1.807) is 76.9 Å². The lowest BCUT2D eigenvalue weighted by Gasteiger charge is -2.58. The van der Waals surface area contributed by atoms with Crippen LogP contribution >= 0.6 is 0 Å². The van der Waals surface area contributed by atoms with E-state index in [-0.39, 0.29) is 68.3 Å². The molecule has 0 aromatic carbocycles. The number of carbonyl (C=O) groups excluding carboxylic acids is 6. The molecule has 5 saturated carbocycles. The Morgan fingerprint density at radius 3 is 0.977 bits per heavy atom. The summed E-state index contributed by atoms with van der Waals surface area (Å²) < 4.78 is 156. The molecule has 27 atom stereocenters. The number of unbranched alkanes of at least 4 members (excludes halogenated alkanes) is 3. The third-order valence-electron chi connectivity index (χ3n) is 30.4. The minimum atomic E-state index is -2.13. The monoisotopic (exact) mass is 1940 g/mol. The van der Waals surface area contributed by atoms with E-state index in [4.69, 9.17) is 118 Å². The molecule has 0 spiro atoms. The molecule has 0 radical (unpaired) electrons. The first-order valence-electron chi connectivity index (χ1n) is 47.0. The summed E-state index contributed by atoms with van der Waals surface area (Å²) in [6.07, 6.45) is 5.21. The lowest BCUT2D eigenvalue weighted by atomic mass is 9.72. The molecule has 10 aliphatic rings. The van der Waals surface area contributed by atoms with Crippen LogP contribution in [0.2, 0.25) is 36.3 Å². The lowest BCUT2D eigenvalue weighted by Crippen LogP contribution is -2.70. The number of hydrogen-bond donors (Lipinski definition) is 4. The van der Waals surface area contributed by atoms with E-state index in [1.165, 1.54) is 71.1 Å². The van der Waals surface area contributed by atoms with Gasteiger partial charge in [0.25, 0.3) is 0 Å². The molecular formula is C94H166O37Si2. The maximum absolute atomic E-state index is 13.3. The van der Waals surface area contributed by atoms with Gasteiger partial charge in [0, 0.05) is 129 Å². The third-order valence-corrected chi connectivity index (χ3v) is 39.8. The van der Waals surface area contributed by atoms with Crippen molar-refractivity contribution in [1.29, 1.82) is 0 Å². The van der Waals surface area contributed by atoms with Gasteiger partial charge < -0.3 is 148 Å². The molecule has 10 rings (SSSR count). The fourth-order valence-electron chi connectivity index (χ4n) is 20.0. The highest BCUT2D eigenvalue weighted by Crippen LogP contribution is 2.56. The van der Waals surface area contributed by atoms with Crippen molar-refractivity contribution in [3.05, 3.63) is 23.3 Å². The van der Waals surface area contributed by atoms with Crippen LogP contribution in [0.25, 0.3) is 0 Å². The van der Waals surface area contributed by atoms with Crippen molar-refractivity contribution in [2.75, 3.05) is 107 Å². The van der Waals surface area contributed by atoms with Crippen molar-refractivity contribution >= 4 is 52.3 Å². The largest absolute Gasteiger partial charge is 0.467 e. The molecule has 0 aromatic heterocycles. The predicted octanol–water partition coefficient (Wildman–Crippen LogP) is 11.2. The van der Waals surface area contributed by atoms with Gasteiger partial charge in [-0.15, -0.1) is 0 Å². The Morgan fingerprint density at radius 2 is 0.617 bits per heavy atom. The molecule has 5 saturated heterocycles. The highest BCUT2D eigenvalue weighted by molar-refractivity contribution is 6.74. The molecule has 0 bridgehead atoms. The summed E-state index contributed by atoms with van der Waals surface area (Å²) in [6.45, 7) is 36.6. The number of fused-ring (bicyclic) bond motifs is 5. The fourth-order valence-corrected chi connectivity index (χ4v) is 26.0. The normalized spacial score (nSPS) is 41.5. The van der Waals surface area contributed by atoms with Crippen LogP contribution in [0.1, 0.15) is 241 Å². The zero-order valence-corrected chi connectivity index (χ0v) is 88.1. The predicted molar refractivity (Wildman–Crippen MR) is 486 cm³/mol. The van der Waals surface area contributed by atoms with E-state index in [0.717, 1.165) is 99.5 Å². The van der Waals surface area contributed by atoms with Gasteiger partial charge in [0.2, 0.25) is 57.9 Å². The molecule has 5 aliphatic carbocycles. The first-order chi connectivity index (χ1) is 62.1. The van der Waals surface area contributed by atoms with Gasteiger partial charge >= 0.3 is 29.8 Å². The van der Waals surface area contributed by atoms with Gasteiger partial charge in [0.15, 0.2) is 50.4 Å². The molecule has 37 nitrogen and oxygen atoms in total. The second-order valence-electron chi connectivity index (χ2n) is 37.8. The van der Waals surface area contributed by atoms with Crippen molar-refractivity contribution < 1.29 is 176 Å². The molecule has 133 heavy (non-hydrogen) atoms. The molecule has 0 aromatic rings. The maximum atomic E-state index is 13.3. The highest BCUT2D eigenvalue weighted by atomic mass is 28.4. The molecule has 10 unspecified atom stereocenters. The van der Waals surface area contributed by atoms with Gasteiger partial charge in [-0.3, -0.25) is 4.79 Å². The summed E-state index contributed by atoms with van der Waals surface area (Å²) in [4.78, 5) is 74.6. The van der Waals surface area contributed by atoms with Gasteiger partial charge in [-0.1, -0.05) is 100 Å². The molecule has 5 heterocycles. The summed E-state index contributed by atoms with van der Waals surface area (Å²) in [6, 6.07) is 5.70. The van der Waals surface area contributed by atoms with Crippen molar-refractivity contribution in [2.24, 2.45) is 5.92 Å². The molecular weight excluding hydrogens is 1780 g/mol. The number of esters is 5. The molecule has 0 amide bonds. The minimum Gasteiger partial charge on any atom is -0.467 e. The summed E-state index contributed by atoms with van der Waals surface area (Å²) in [7, 11) is 17.3. The van der Waals surface area contributed by atoms with Crippen LogP contribution in [0.5, 0.6) is 0 Å². The van der Waals surface area contributed by atoms with Gasteiger partial charge in [-0.05, 0) is 148 Å². The highest BCUT2D eigenvalue weighted by Gasteiger charge is 2.70.